The van der Waals surface area contributed by atoms with Crippen molar-refractivity contribution in [3.63, 3.8) is 0 Å². The molecular weight excluding hydrogens is 362 g/mol. The van der Waals surface area contributed by atoms with Crippen LogP contribution in [0.5, 0.6) is 0 Å². The molecule has 1 aliphatic rings. The summed E-state index contributed by atoms with van der Waals surface area (Å²) in [5.74, 6) is 0.425. The molecule has 1 saturated heterocycles. The van der Waals surface area contributed by atoms with Crippen molar-refractivity contribution in [2.75, 3.05) is 19.6 Å². The Kier molecular flexibility index (Phi) is 9.27. The number of piperidine rings is 1. The van der Waals surface area contributed by atoms with Crippen molar-refractivity contribution in [1.82, 2.24) is 10.2 Å². The van der Waals surface area contributed by atoms with Gasteiger partial charge in [0.1, 0.15) is 0 Å². The van der Waals surface area contributed by atoms with Crippen molar-refractivity contribution < 1.29 is 9.59 Å². The van der Waals surface area contributed by atoms with Crippen molar-refractivity contribution in [2.45, 2.75) is 52.0 Å². The van der Waals surface area contributed by atoms with E-state index in [1.165, 1.54) is 0 Å². The molecular formula is C21H34ClN3O2. The fourth-order valence-electron chi connectivity index (χ4n) is 3.79. The molecule has 3 N–H and O–H groups in total. The lowest BCUT2D eigenvalue weighted by Gasteiger charge is -2.36. The van der Waals surface area contributed by atoms with E-state index in [1.54, 1.807) is 0 Å². The Hall–Kier alpha value is -1.59. The topological polar surface area (TPSA) is 75.4 Å². The summed E-state index contributed by atoms with van der Waals surface area (Å²) >= 11 is 0. The van der Waals surface area contributed by atoms with Crippen LogP contribution >= 0.6 is 12.4 Å². The smallest absolute Gasteiger partial charge is 0.227 e. The molecule has 0 saturated carbocycles. The Balaban J connectivity index is 0.00000364. The minimum absolute atomic E-state index is 0. The largest absolute Gasteiger partial charge is 0.349 e. The number of amides is 2. The number of carbonyl (C=O) groups excluding carboxylic acids is 2. The zero-order chi connectivity index (χ0) is 19.2. The van der Waals surface area contributed by atoms with Gasteiger partial charge in [0, 0.05) is 25.2 Å². The average molecular weight is 396 g/mol. The van der Waals surface area contributed by atoms with Gasteiger partial charge in [-0.15, -0.1) is 12.4 Å². The van der Waals surface area contributed by atoms with Crippen LogP contribution < -0.4 is 11.1 Å². The number of halogens is 1. The van der Waals surface area contributed by atoms with Gasteiger partial charge in [-0.05, 0) is 37.7 Å². The van der Waals surface area contributed by atoms with Gasteiger partial charge >= 0.3 is 0 Å². The van der Waals surface area contributed by atoms with Gasteiger partial charge in [0.05, 0.1) is 12.3 Å². The third-order valence-electron chi connectivity index (χ3n) is 5.08. The van der Waals surface area contributed by atoms with Crippen molar-refractivity contribution in [3.05, 3.63) is 35.9 Å². The summed E-state index contributed by atoms with van der Waals surface area (Å²) in [6.45, 7) is 7.91. The van der Waals surface area contributed by atoms with Gasteiger partial charge < -0.3 is 16.0 Å². The van der Waals surface area contributed by atoms with Crippen molar-refractivity contribution in [1.29, 1.82) is 0 Å². The van der Waals surface area contributed by atoms with Gasteiger partial charge in [0.25, 0.3) is 0 Å². The van der Waals surface area contributed by atoms with Crippen LogP contribution in [0, 0.1) is 11.8 Å². The summed E-state index contributed by atoms with van der Waals surface area (Å²) in [4.78, 5) is 27.2. The van der Waals surface area contributed by atoms with E-state index in [4.69, 9.17) is 5.73 Å². The molecule has 1 aromatic carbocycles. The summed E-state index contributed by atoms with van der Waals surface area (Å²) in [5.41, 5.74) is 6.54. The molecule has 6 heteroatoms. The predicted molar refractivity (Wildman–Crippen MR) is 112 cm³/mol. The minimum Gasteiger partial charge on any atom is -0.349 e. The summed E-state index contributed by atoms with van der Waals surface area (Å²) in [6.07, 6.45) is 2.92. The number of nitrogens with two attached hydrogens (primary N) is 1. The highest BCUT2D eigenvalue weighted by molar-refractivity contribution is 5.85. The maximum absolute atomic E-state index is 12.8. The average Bonchev–Trinajstić information content (AvgIpc) is 2.62. The van der Waals surface area contributed by atoms with E-state index in [-0.39, 0.29) is 35.7 Å². The second-order valence-electron chi connectivity index (χ2n) is 8.19. The number of benzene rings is 1. The fraction of sp³-hybridized carbons (Fsp3) is 0.619. The minimum atomic E-state index is -0.387. The molecule has 0 aliphatic carbocycles. The summed E-state index contributed by atoms with van der Waals surface area (Å²) < 4.78 is 0. The molecule has 0 radical (unpaired) electrons. The van der Waals surface area contributed by atoms with Crippen LogP contribution in [0.15, 0.2) is 30.3 Å². The molecule has 2 unspecified atom stereocenters. The molecule has 1 aliphatic heterocycles. The zero-order valence-electron chi connectivity index (χ0n) is 16.7. The molecule has 2 rings (SSSR count). The first-order chi connectivity index (χ1) is 12.3. The maximum atomic E-state index is 12.8. The SMILES string of the molecule is CC(C)CC(C)(CN)NC(=O)C1CCCN(C(=O)Cc2ccccc2)C1.Cl. The molecule has 2 amide bonds. The third kappa shape index (κ3) is 7.15. The Labute approximate surface area is 169 Å². The molecule has 0 spiro atoms. The van der Waals surface area contributed by atoms with E-state index in [0.717, 1.165) is 31.4 Å². The monoisotopic (exact) mass is 395 g/mol. The Morgan fingerprint density at radius 1 is 1.30 bits per heavy atom. The number of likely N-dealkylation sites (tertiary alicyclic amines) is 1. The summed E-state index contributed by atoms with van der Waals surface area (Å²) in [5, 5.41) is 3.15. The molecule has 27 heavy (non-hydrogen) atoms. The lowest BCUT2D eigenvalue weighted by Crippen LogP contribution is -2.55. The highest BCUT2D eigenvalue weighted by atomic mass is 35.5. The van der Waals surface area contributed by atoms with Gasteiger partial charge in [0.2, 0.25) is 11.8 Å². The number of hydrogen-bond acceptors (Lipinski definition) is 3. The van der Waals surface area contributed by atoms with Crippen LogP contribution in [0.3, 0.4) is 0 Å². The molecule has 152 valence electrons. The van der Waals surface area contributed by atoms with Crippen molar-refractivity contribution in [2.24, 2.45) is 17.6 Å². The van der Waals surface area contributed by atoms with E-state index in [1.807, 2.05) is 42.2 Å². The number of rotatable bonds is 7. The highest BCUT2D eigenvalue weighted by Crippen LogP contribution is 2.21. The van der Waals surface area contributed by atoms with Gasteiger partial charge in [-0.3, -0.25) is 9.59 Å². The molecule has 0 bridgehead atoms. The lowest BCUT2D eigenvalue weighted by molar-refractivity contribution is -0.135. The van der Waals surface area contributed by atoms with E-state index < -0.39 is 0 Å². The number of carbonyl (C=O) groups is 2. The summed E-state index contributed by atoms with van der Waals surface area (Å²) in [6, 6.07) is 9.75. The molecule has 1 aromatic rings. The summed E-state index contributed by atoms with van der Waals surface area (Å²) in [7, 11) is 0. The molecule has 1 fully saturated rings. The van der Waals surface area contributed by atoms with Gasteiger partial charge in [-0.25, -0.2) is 0 Å². The van der Waals surface area contributed by atoms with E-state index in [2.05, 4.69) is 19.2 Å². The van der Waals surface area contributed by atoms with Gasteiger partial charge in [0.15, 0.2) is 0 Å². The number of hydrogen-bond donors (Lipinski definition) is 2. The van der Waals surface area contributed by atoms with Crippen LogP contribution in [0.25, 0.3) is 0 Å². The molecule has 2 atom stereocenters. The highest BCUT2D eigenvalue weighted by Gasteiger charge is 2.33. The third-order valence-corrected chi connectivity index (χ3v) is 5.08. The standard InChI is InChI=1S/C21H33N3O2.ClH/c1-16(2)13-21(3,15-22)23-20(26)18-10-7-11-24(14-18)19(25)12-17-8-5-4-6-9-17;/h4-6,8-9,16,18H,7,10-15,22H2,1-3H3,(H,23,26);1H. The van der Waals surface area contributed by atoms with E-state index in [0.29, 0.717) is 25.4 Å². The van der Waals surface area contributed by atoms with Crippen molar-refractivity contribution >= 4 is 24.2 Å². The van der Waals surface area contributed by atoms with Crippen molar-refractivity contribution in [3.8, 4) is 0 Å². The van der Waals surface area contributed by atoms with E-state index >= 15 is 0 Å². The Morgan fingerprint density at radius 2 is 1.96 bits per heavy atom. The first-order valence-electron chi connectivity index (χ1n) is 9.67. The van der Waals surface area contributed by atoms with Crippen LogP contribution in [0.1, 0.15) is 45.6 Å². The first kappa shape index (κ1) is 23.4. The normalized spacial score (nSPS) is 19.1. The Morgan fingerprint density at radius 3 is 2.56 bits per heavy atom. The van der Waals surface area contributed by atoms with Crippen LogP contribution in [-0.4, -0.2) is 41.9 Å². The fourth-order valence-corrected chi connectivity index (χ4v) is 3.79. The zero-order valence-corrected chi connectivity index (χ0v) is 17.6. The quantitative estimate of drug-likeness (QED) is 0.745. The second kappa shape index (κ2) is 10.7. The Bertz CT molecular complexity index is 609. The first-order valence-corrected chi connectivity index (χ1v) is 9.67. The number of nitrogens with one attached hydrogen (secondary N) is 1. The lowest BCUT2D eigenvalue weighted by atomic mass is 9.89. The van der Waals surface area contributed by atoms with Crippen LogP contribution in [-0.2, 0) is 16.0 Å². The predicted octanol–water partition coefficient (Wildman–Crippen LogP) is 2.77. The number of nitrogens with zero attached hydrogens (tertiary/aromatic N) is 1. The molecule has 0 aromatic heterocycles. The van der Waals surface area contributed by atoms with Gasteiger partial charge in [-0.1, -0.05) is 44.2 Å². The second-order valence-corrected chi connectivity index (χ2v) is 8.19. The van der Waals surface area contributed by atoms with Crippen LogP contribution in [0.4, 0.5) is 0 Å². The molecule has 1 heterocycles. The van der Waals surface area contributed by atoms with E-state index in [9.17, 15) is 9.59 Å². The van der Waals surface area contributed by atoms with Crippen LogP contribution in [0.2, 0.25) is 0 Å². The molecule has 5 nitrogen and oxygen atoms in total. The maximum Gasteiger partial charge on any atom is 0.227 e. The van der Waals surface area contributed by atoms with Gasteiger partial charge in [-0.2, -0.15) is 0 Å².